The number of hydrogen-bond acceptors (Lipinski definition) is 1. The summed E-state index contributed by atoms with van der Waals surface area (Å²) in [5.74, 6) is 4.99. The van der Waals surface area contributed by atoms with Gasteiger partial charge in [0.25, 0.3) is 0 Å². The number of fused-ring (bicyclic) bond motifs is 2. The molecule has 90 valence electrons. The maximum absolute atomic E-state index is 12.3. The Hall–Kier alpha value is -0.330. The van der Waals surface area contributed by atoms with Crippen LogP contribution in [0.15, 0.2) is 0 Å². The Morgan fingerprint density at radius 1 is 1.06 bits per heavy atom. The average molecular weight is 220 g/mol. The summed E-state index contributed by atoms with van der Waals surface area (Å²) in [4.78, 5) is 12.3. The zero-order valence-electron chi connectivity index (χ0n) is 10.6. The lowest BCUT2D eigenvalue weighted by atomic mass is 9.65. The van der Waals surface area contributed by atoms with Gasteiger partial charge in [-0.2, -0.15) is 0 Å². The molecule has 3 rings (SSSR count). The third-order valence-electron chi connectivity index (χ3n) is 5.56. The van der Waals surface area contributed by atoms with Crippen molar-refractivity contribution in [1.29, 1.82) is 0 Å². The van der Waals surface area contributed by atoms with E-state index in [2.05, 4.69) is 13.8 Å². The van der Waals surface area contributed by atoms with Crippen molar-refractivity contribution in [3.8, 4) is 0 Å². The molecular formula is C15H24O. The monoisotopic (exact) mass is 220 g/mol. The minimum atomic E-state index is 0.437. The maximum Gasteiger partial charge on any atom is 0.136 e. The highest BCUT2D eigenvalue weighted by Gasteiger charge is 2.47. The smallest absolute Gasteiger partial charge is 0.136 e. The number of Topliss-reactive ketones (excluding diaryl/α,β-unsaturated/α-hetero) is 1. The first-order chi connectivity index (χ1) is 7.65. The van der Waals surface area contributed by atoms with Crippen LogP contribution < -0.4 is 0 Å². The quantitative estimate of drug-likeness (QED) is 0.659. The van der Waals surface area contributed by atoms with Crippen LogP contribution in [-0.4, -0.2) is 5.78 Å². The van der Waals surface area contributed by atoms with Crippen LogP contribution in [0.5, 0.6) is 0 Å². The molecule has 6 atom stereocenters. The Balaban J connectivity index is 1.76. The molecule has 0 saturated heterocycles. The van der Waals surface area contributed by atoms with E-state index in [-0.39, 0.29) is 0 Å². The first kappa shape index (κ1) is 10.8. The van der Waals surface area contributed by atoms with Crippen LogP contribution in [-0.2, 0) is 4.79 Å². The SMILES string of the molecule is C[C@H]1CC(=O)[C@@H]([C@@H]2C[C@@H]3CC[C@@H]2C3)[C@@H](C)C1. The Bertz CT molecular complexity index is 296. The van der Waals surface area contributed by atoms with E-state index in [1.54, 1.807) is 0 Å². The molecule has 3 aliphatic carbocycles. The maximum atomic E-state index is 12.3. The number of ketones is 1. The van der Waals surface area contributed by atoms with Crippen LogP contribution in [0.3, 0.4) is 0 Å². The highest BCUT2D eigenvalue weighted by molar-refractivity contribution is 5.82. The summed E-state index contributed by atoms with van der Waals surface area (Å²) in [7, 11) is 0. The van der Waals surface area contributed by atoms with Crippen molar-refractivity contribution in [2.45, 2.75) is 52.4 Å². The largest absolute Gasteiger partial charge is 0.299 e. The van der Waals surface area contributed by atoms with E-state index in [1.807, 2.05) is 0 Å². The van der Waals surface area contributed by atoms with Gasteiger partial charge in [-0.05, 0) is 55.3 Å². The van der Waals surface area contributed by atoms with Crippen LogP contribution in [0.4, 0.5) is 0 Å². The minimum absolute atomic E-state index is 0.437. The average Bonchev–Trinajstić information content (AvgIpc) is 2.77. The van der Waals surface area contributed by atoms with Crippen LogP contribution in [0.1, 0.15) is 52.4 Å². The van der Waals surface area contributed by atoms with Crippen molar-refractivity contribution in [3.63, 3.8) is 0 Å². The Labute approximate surface area is 99.0 Å². The Morgan fingerprint density at radius 2 is 1.88 bits per heavy atom. The van der Waals surface area contributed by atoms with E-state index in [0.29, 0.717) is 23.5 Å². The van der Waals surface area contributed by atoms with E-state index >= 15 is 0 Å². The van der Waals surface area contributed by atoms with Gasteiger partial charge >= 0.3 is 0 Å². The molecule has 0 aliphatic heterocycles. The van der Waals surface area contributed by atoms with Crippen LogP contribution in [0.25, 0.3) is 0 Å². The fraction of sp³-hybridized carbons (Fsp3) is 0.933. The third kappa shape index (κ3) is 1.63. The van der Waals surface area contributed by atoms with Gasteiger partial charge in [-0.1, -0.05) is 20.3 Å². The molecule has 2 bridgehead atoms. The standard InChI is InChI=1S/C15H24O/c1-9-5-10(2)15(14(16)6-9)13-8-11-3-4-12(13)7-11/h9-13,15H,3-8H2,1-2H3/t9-,10+,11-,12-,13-,15-/m1/s1. The number of rotatable bonds is 1. The molecule has 1 nitrogen and oxygen atoms in total. The lowest BCUT2D eigenvalue weighted by Crippen LogP contribution is -2.38. The van der Waals surface area contributed by atoms with Crippen molar-refractivity contribution in [1.82, 2.24) is 0 Å². The lowest BCUT2D eigenvalue weighted by molar-refractivity contribution is -0.131. The Kier molecular flexibility index (Phi) is 2.60. The molecule has 16 heavy (non-hydrogen) atoms. The van der Waals surface area contributed by atoms with Gasteiger partial charge in [-0.15, -0.1) is 0 Å². The van der Waals surface area contributed by atoms with Gasteiger partial charge in [0.15, 0.2) is 0 Å². The van der Waals surface area contributed by atoms with Crippen molar-refractivity contribution in [2.75, 3.05) is 0 Å². The Morgan fingerprint density at radius 3 is 2.44 bits per heavy atom. The van der Waals surface area contributed by atoms with Crippen molar-refractivity contribution >= 4 is 5.78 Å². The van der Waals surface area contributed by atoms with Gasteiger partial charge in [0.2, 0.25) is 0 Å². The molecule has 0 N–H and O–H groups in total. The first-order valence-corrected chi connectivity index (χ1v) is 7.18. The summed E-state index contributed by atoms with van der Waals surface area (Å²) < 4.78 is 0. The van der Waals surface area contributed by atoms with E-state index in [1.165, 1.54) is 32.1 Å². The summed E-state index contributed by atoms with van der Waals surface area (Å²) in [6.07, 6.45) is 7.83. The summed E-state index contributed by atoms with van der Waals surface area (Å²) in [6, 6.07) is 0. The second-order valence-corrected chi connectivity index (χ2v) is 6.85. The molecule has 1 heteroatoms. The molecule has 3 fully saturated rings. The summed E-state index contributed by atoms with van der Waals surface area (Å²) in [5.41, 5.74) is 0. The fourth-order valence-electron chi connectivity index (χ4n) is 5.06. The predicted molar refractivity (Wildman–Crippen MR) is 65.0 cm³/mol. The van der Waals surface area contributed by atoms with E-state index in [4.69, 9.17) is 0 Å². The normalized spacial score (nSPS) is 52.2. The summed E-state index contributed by atoms with van der Waals surface area (Å²) in [6.45, 7) is 4.57. The molecule has 0 aromatic carbocycles. The molecule has 0 aromatic rings. The highest BCUT2D eigenvalue weighted by atomic mass is 16.1. The van der Waals surface area contributed by atoms with Crippen LogP contribution >= 0.6 is 0 Å². The van der Waals surface area contributed by atoms with Crippen molar-refractivity contribution in [3.05, 3.63) is 0 Å². The molecule has 3 saturated carbocycles. The van der Waals surface area contributed by atoms with Gasteiger partial charge in [0.1, 0.15) is 5.78 Å². The van der Waals surface area contributed by atoms with Crippen LogP contribution in [0, 0.1) is 35.5 Å². The molecule has 0 aromatic heterocycles. The van der Waals surface area contributed by atoms with E-state index < -0.39 is 0 Å². The van der Waals surface area contributed by atoms with Gasteiger partial charge < -0.3 is 0 Å². The highest BCUT2D eigenvalue weighted by Crippen LogP contribution is 2.54. The van der Waals surface area contributed by atoms with Gasteiger partial charge in [0.05, 0.1) is 0 Å². The van der Waals surface area contributed by atoms with Gasteiger partial charge in [0, 0.05) is 12.3 Å². The second kappa shape index (κ2) is 3.85. The van der Waals surface area contributed by atoms with Gasteiger partial charge in [-0.3, -0.25) is 4.79 Å². The molecule has 0 amide bonds. The van der Waals surface area contributed by atoms with Gasteiger partial charge in [-0.25, -0.2) is 0 Å². The predicted octanol–water partition coefficient (Wildman–Crippen LogP) is 3.67. The zero-order chi connectivity index (χ0) is 11.3. The van der Waals surface area contributed by atoms with E-state index in [0.717, 1.165) is 24.2 Å². The number of carbonyl (C=O) groups is 1. The summed E-state index contributed by atoms with van der Waals surface area (Å²) in [5, 5.41) is 0. The number of carbonyl (C=O) groups excluding carboxylic acids is 1. The molecule has 0 spiro atoms. The van der Waals surface area contributed by atoms with Crippen molar-refractivity contribution < 1.29 is 4.79 Å². The minimum Gasteiger partial charge on any atom is -0.299 e. The molecule has 3 aliphatic rings. The fourth-order valence-corrected chi connectivity index (χ4v) is 5.06. The molecular weight excluding hydrogens is 196 g/mol. The van der Waals surface area contributed by atoms with Crippen LogP contribution in [0.2, 0.25) is 0 Å². The number of hydrogen-bond donors (Lipinski definition) is 0. The molecule has 0 heterocycles. The lowest BCUT2D eigenvalue weighted by Gasteiger charge is -2.38. The van der Waals surface area contributed by atoms with E-state index in [9.17, 15) is 4.79 Å². The third-order valence-corrected chi connectivity index (χ3v) is 5.56. The first-order valence-electron chi connectivity index (χ1n) is 7.18. The topological polar surface area (TPSA) is 17.1 Å². The summed E-state index contributed by atoms with van der Waals surface area (Å²) >= 11 is 0. The van der Waals surface area contributed by atoms with Crippen molar-refractivity contribution in [2.24, 2.45) is 35.5 Å². The second-order valence-electron chi connectivity index (χ2n) is 6.85. The molecule has 0 radical (unpaired) electrons. The molecule has 0 unspecified atom stereocenters. The zero-order valence-corrected chi connectivity index (χ0v) is 10.6.